The molecule has 0 bridgehead atoms. The largest absolute Gasteiger partial charge is 0.313 e. The standard InChI is InChI=1S/C16H18ClFN2/c17-7-1-2-8-19-10-13-9-15(12-20-11-13)14-3-5-16(18)6-4-14/h3-6,9,11-12,19H,1-2,7-8,10H2. The fraction of sp³-hybridized carbons (Fsp3) is 0.312. The first-order valence-electron chi connectivity index (χ1n) is 6.76. The summed E-state index contributed by atoms with van der Waals surface area (Å²) in [5.41, 5.74) is 3.10. The molecule has 0 saturated carbocycles. The third-order valence-corrected chi connectivity index (χ3v) is 3.31. The van der Waals surface area contributed by atoms with Gasteiger partial charge in [-0.25, -0.2) is 4.39 Å². The van der Waals surface area contributed by atoms with Crippen LogP contribution in [0.1, 0.15) is 18.4 Å². The molecular weight excluding hydrogens is 275 g/mol. The van der Waals surface area contributed by atoms with Crippen molar-refractivity contribution in [3.8, 4) is 11.1 Å². The lowest BCUT2D eigenvalue weighted by Gasteiger charge is -2.06. The number of hydrogen-bond donors (Lipinski definition) is 1. The van der Waals surface area contributed by atoms with E-state index in [0.29, 0.717) is 5.88 Å². The van der Waals surface area contributed by atoms with Crippen molar-refractivity contribution in [1.82, 2.24) is 10.3 Å². The molecule has 1 aromatic carbocycles. The fourth-order valence-corrected chi connectivity index (χ4v) is 2.15. The van der Waals surface area contributed by atoms with Gasteiger partial charge in [0.05, 0.1) is 0 Å². The number of halogens is 2. The van der Waals surface area contributed by atoms with Gasteiger partial charge >= 0.3 is 0 Å². The Hall–Kier alpha value is -1.45. The maximum Gasteiger partial charge on any atom is 0.123 e. The molecular formula is C16H18ClFN2. The number of aromatic nitrogens is 1. The van der Waals surface area contributed by atoms with Gasteiger partial charge in [0.25, 0.3) is 0 Å². The summed E-state index contributed by atoms with van der Waals surface area (Å²) in [4.78, 5) is 4.24. The van der Waals surface area contributed by atoms with E-state index in [1.54, 1.807) is 18.3 Å². The molecule has 0 aliphatic rings. The molecule has 0 fully saturated rings. The maximum absolute atomic E-state index is 12.9. The molecule has 0 radical (unpaired) electrons. The van der Waals surface area contributed by atoms with E-state index in [1.165, 1.54) is 12.1 Å². The summed E-state index contributed by atoms with van der Waals surface area (Å²) >= 11 is 5.63. The highest BCUT2D eigenvalue weighted by Gasteiger charge is 2.01. The first kappa shape index (κ1) is 14.9. The number of alkyl halides is 1. The lowest BCUT2D eigenvalue weighted by Crippen LogP contribution is -2.14. The summed E-state index contributed by atoms with van der Waals surface area (Å²) in [6, 6.07) is 8.54. The van der Waals surface area contributed by atoms with Crippen molar-refractivity contribution in [2.24, 2.45) is 0 Å². The Morgan fingerprint density at radius 1 is 1.05 bits per heavy atom. The van der Waals surface area contributed by atoms with E-state index in [2.05, 4.69) is 16.4 Å². The zero-order chi connectivity index (χ0) is 14.2. The number of hydrogen-bond acceptors (Lipinski definition) is 2. The summed E-state index contributed by atoms with van der Waals surface area (Å²) in [5.74, 6) is 0.488. The first-order valence-corrected chi connectivity index (χ1v) is 7.29. The molecule has 2 nitrogen and oxygen atoms in total. The van der Waals surface area contributed by atoms with E-state index in [4.69, 9.17) is 11.6 Å². The van der Waals surface area contributed by atoms with Gasteiger partial charge in [-0.2, -0.15) is 0 Å². The third-order valence-electron chi connectivity index (χ3n) is 3.04. The Morgan fingerprint density at radius 2 is 1.85 bits per heavy atom. The zero-order valence-electron chi connectivity index (χ0n) is 11.3. The molecule has 0 aliphatic heterocycles. The van der Waals surface area contributed by atoms with Crippen molar-refractivity contribution in [3.63, 3.8) is 0 Å². The van der Waals surface area contributed by atoms with Crippen LogP contribution in [-0.4, -0.2) is 17.4 Å². The van der Waals surface area contributed by atoms with Crippen LogP contribution in [0.15, 0.2) is 42.7 Å². The minimum absolute atomic E-state index is 0.223. The van der Waals surface area contributed by atoms with Crippen LogP contribution < -0.4 is 5.32 Å². The van der Waals surface area contributed by atoms with E-state index in [0.717, 1.165) is 42.6 Å². The molecule has 106 valence electrons. The average molecular weight is 293 g/mol. The van der Waals surface area contributed by atoms with Crippen molar-refractivity contribution in [2.45, 2.75) is 19.4 Å². The van der Waals surface area contributed by atoms with Crippen LogP contribution in [0.3, 0.4) is 0 Å². The van der Waals surface area contributed by atoms with Crippen LogP contribution in [0.4, 0.5) is 4.39 Å². The van der Waals surface area contributed by atoms with Crippen molar-refractivity contribution in [2.75, 3.05) is 12.4 Å². The molecule has 0 unspecified atom stereocenters. The molecule has 0 spiro atoms. The van der Waals surface area contributed by atoms with Crippen molar-refractivity contribution >= 4 is 11.6 Å². The second-order valence-electron chi connectivity index (χ2n) is 4.66. The van der Waals surface area contributed by atoms with Crippen LogP contribution in [0.2, 0.25) is 0 Å². The number of rotatable bonds is 7. The van der Waals surface area contributed by atoms with Crippen LogP contribution in [0.5, 0.6) is 0 Å². The number of pyridine rings is 1. The Morgan fingerprint density at radius 3 is 2.60 bits per heavy atom. The molecule has 2 aromatic rings. The molecule has 0 atom stereocenters. The quantitative estimate of drug-likeness (QED) is 0.616. The fourth-order valence-electron chi connectivity index (χ4n) is 1.96. The van der Waals surface area contributed by atoms with Crippen molar-refractivity contribution in [3.05, 3.63) is 54.1 Å². The van der Waals surface area contributed by atoms with Crippen LogP contribution >= 0.6 is 11.6 Å². The third kappa shape index (κ3) is 4.58. The SMILES string of the molecule is Fc1ccc(-c2cncc(CNCCCCCl)c2)cc1. The summed E-state index contributed by atoms with van der Waals surface area (Å²) < 4.78 is 12.9. The Balaban J connectivity index is 1.95. The Labute approximate surface area is 124 Å². The molecule has 1 N–H and O–H groups in total. The molecule has 1 heterocycles. The smallest absolute Gasteiger partial charge is 0.123 e. The van der Waals surface area contributed by atoms with E-state index in [9.17, 15) is 4.39 Å². The first-order chi connectivity index (χ1) is 9.79. The van der Waals surface area contributed by atoms with Crippen LogP contribution in [0, 0.1) is 5.82 Å². The molecule has 4 heteroatoms. The van der Waals surface area contributed by atoms with Gasteiger partial charge in [-0.1, -0.05) is 12.1 Å². The Kier molecular flexibility index (Phi) is 5.96. The lowest BCUT2D eigenvalue weighted by molar-refractivity contribution is 0.628. The lowest BCUT2D eigenvalue weighted by atomic mass is 10.1. The van der Waals surface area contributed by atoms with E-state index < -0.39 is 0 Å². The van der Waals surface area contributed by atoms with Gasteiger partial charge in [-0.15, -0.1) is 11.6 Å². The number of nitrogens with one attached hydrogen (secondary N) is 1. The number of benzene rings is 1. The maximum atomic E-state index is 12.9. The minimum Gasteiger partial charge on any atom is -0.313 e. The van der Waals surface area contributed by atoms with Gasteiger partial charge < -0.3 is 5.32 Å². The highest BCUT2D eigenvalue weighted by Crippen LogP contribution is 2.19. The molecule has 2 rings (SSSR count). The summed E-state index contributed by atoms with van der Waals surface area (Å²) in [6.45, 7) is 1.73. The van der Waals surface area contributed by atoms with Crippen LogP contribution in [-0.2, 0) is 6.54 Å². The zero-order valence-corrected chi connectivity index (χ0v) is 12.0. The number of nitrogens with zero attached hydrogens (tertiary/aromatic N) is 1. The molecule has 0 aliphatic carbocycles. The van der Waals surface area contributed by atoms with Crippen molar-refractivity contribution < 1.29 is 4.39 Å². The summed E-state index contributed by atoms with van der Waals surface area (Å²) in [5, 5.41) is 3.37. The highest BCUT2D eigenvalue weighted by atomic mass is 35.5. The molecule has 1 aromatic heterocycles. The number of unbranched alkanes of at least 4 members (excludes halogenated alkanes) is 1. The summed E-state index contributed by atoms with van der Waals surface area (Å²) in [7, 11) is 0. The topological polar surface area (TPSA) is 24.9 Å². The van der Waals surface area contributed by atoms with Gasteiger partial charge in [0.2, 0.25) is 0 Å². The highest BCUT2D eigenvalue weighted by molar-refractivity contribution is 6.17. The van der Waals surface area contributed by atoms with Gasteiger partial charge in [0.15, 0.2) is 0 Å². The van der Waals surface area contributed by atoms with E-state index in [1.807, 2.05) is 6.20 Å². The molecule has 20 heavy (non-hydrogen) atoms. The van der Waals surface area contributed by atoms with Gasteiger partial charge in [-0.05, 0) is 48.7 Å². The van der Waals surface area contributed by atoms with E-state index >= 15 is 0 Å². The van der Waals surface area contributed by atoms with Gasteiger partial charge in [-0.3, -0.25) is 4.98 Å². The molecule has 0 amide bonds. The summed E-state index contributed by atoms with van der Waals surface area (Å²) in [6.07, 6.45) is 5.75. The second-order valence-corrected chi connectivity index (χ2v) is 5.04. The normalized spacial score (nSPS) is 10.7. The second kappa shape index (κ2) is 7.98. The van der Waals surface area contributed by atoms with Crippen molar-refractivity contribution in [1.29, 1.82) is 0 Å². The minimum atomic E-state index is -0.223. The van der Waals surface area contributed by atoms with Crippen LogP contribution in [0.25, 0.3) is 11.1 Å². The Bertz CT molecular complexity index is 528. The van der Waals surface area contributed by atoms with E-state index in [-0.39, 0.29) is 5.82 Å². The average Bonchev–Trinajstić information content (AvgIpc) is 2.48. The molecule has 0 saturated heterocycles. The predicted molar refractivity (Wildman–Crippen MR) is 81.3 cm³/mol. The van der Waals surface area contributed by atoms with Gasteiger partial charge in [0.1, 0.15) is 5.82 Å². The van der Waals surface area contributed by atoms with Gasteiger partial charge in [0, 0.05) is 30.4 Å². The predicted octanol–water partition coefficient (Wildman–Crippen LogP) is 4.00. The monoisotopic (exact) mass is 292 g/mol.